The summed E-state index contributed by atoms with van der Waals surface area (Å²) in [5.74, 6) is 2.74. The molecule has 2 nitrogen and oxygen atoms in total. The first kappa shape index (κ1) is 11.6. The SMILES string of the molecule is C[C@@H]1CC[C@@]23C[C@@H]1[C@@](C)(OC=O)C2CC[C@H]3C. The van der Waals surface area contributed by atoms with Gasteiger partial charge in [-0.2, -0.15) is 0 Å². The fraction of sp³-hybridized carbons (Fsp3) is 0.933. The molecule has 0 radical (unpaired) electrons. The quantitative estimate of drug-likeness (QED) is 0.687. The van der Waals surface area contributed by atoms with Crippen molar-refractivity contribution in [2.24, 2.45) is 29.1 Å². The van der Waals surface area contributed by atoms with Gasteiger partial charge in [0, 0.05) is 11.8 Å². The normalized spacial score (nSPS) is 56.6. The fourth-order valence-corrected chi connectivity index (χ4v) is 5.67. The number of ether oxygens (including phenoxy) is 1. The molecule has 0 amide bonds. The summed E-state index contributed by atoms with van der Waals surface area (Å²) in [5.41, 5.74) is 0.317. The standard InChI is InChI=1S/C15H24O2/c1-10-6-7-15-8-12(10)14(3,17-9-16)13(15)5-4-11(15)2/h9-13H,4-8H2,1-3H3/t10-,11-,12+,13?,14-,15+/m1/s1. The van der Waals surface area contributed by atoms with E-state index in [4.69, 9.17) is 4.74 Å². The maximum atomic E-state index is 10.9. The number of hydrogen-bond acceptors (Lipinski definition) is 2. The van der Waals surface area contributed by atoms with Crippen molar-refractivity contribution in [3.63, 3.8) is 0 Å². The molecule has 0 N–H and O–H groups in total. The molecule has 3 saturated carbocycles. The largest absolute Gasteiger partial charge is 0.461 e. The zero-order valence-corrected chi connectivity index (χ0v) is 11.2. The molecule has 3 rings (SSSR count). The van der Waals surface area contributed by atoms with Crippen molar-refractivity contribution in [3.8, 4) is 0 Å². The maximum absolute atomic E-state index is 10.9. The molecule has 0 aromatic rings. The summed E-state index contributed by atoms with van der Waals surface area (Å²) in [6.45, 7) is 7.66. The van der Waals surface area contributed by atoms with Gasteiger partial charge in [0.25, 0.3) is 6.47 Å². The average Bonchev–Trinajstić information content (AvgIpc) is 2.70. The Morgan fingerprint density at radius 2 is 2.00 bits per heavy atom. The Hall–Kier alpha value is -0.530. The van der Waals surface area contributed by atoms with Crippen LogP contribution in [-0.4, -0.2) is 12.1 Å². The zero-order valence-electron chi connectivity index (χ0n) is 11.2. The minimum atomic E-state index is -0.178. The molecule has 0 aliphatic heterocycles. The van der Waals surface area contributed by atoms with Crippen LogP contribution >= 0.6 is 0 Å². The average molecular weight is 236 g/mol. The molecular formula is C15H24O2. The van der Waals surface area contributed by atoms with E-state index in [1.54, 1.807) is 0 Å². The van der Waals surface area contributed by atoms with E-state index in [0.29, 0.717) is 29.6 Å². The molecule has 0 heterocycles. The highest BCUT2D eigenvalue weighted by molar-refractivity contribution is 5.39. The third kappa shape index (κ3) is 1.25. The van der Waals surface area contributed by atoms with Gasteiger partial charge in [-0.1, -0.05) is 13.8 Å². The van der Waals surface area contributed by atoms with Gasteiger partial charge in [0.05, 0.1) is 0 Å². The highest BCUT2D eigenvalue weighted by atomic mass is 16.5. The van der Waals surface area contributed by atoms with Gasteiger partial charge in [0.1, 0.15) is 5.60 Å². The van der Waals surface area contributed by atoms with Crippen molar-refractivity contribution in [2.45, 2.75) is 58.5 Å². The molecule has 96 valence electrons. The molecule has 1 spiro atoms. The Morgan fingerprint density at radius 3 is 2.71 bits per heavy atom. The number of hydrogen-bond donors (Lipinski definition) is 0. The van der Waals surface area contributed by atoms with Crippen LogP contribution in [0.2, 0.25) is 0 Å². The lowest BCUT2D eigenvalue weighted by molar-refractivity contribution is -0.153. The predicted molar refractivity (Wildman–Crippen MR) is 66.4 cm³/mol. The lowest BCUT2D eigenvalue weighted by atomic mass is 9.66. The van der Waals surface area contributed by atoms with Crippen LogP contribution in [0.5, 0.6) is 0 Å². The molecule has 3 aliphatic carbocycles. The van der Waals surface area contributed by atoms with Crippen LogP contribution in [0, 0.1) is 29.1 Å². The lowest BCUT2D eigenvalue weighted by Crippen LogP contribution is -2.41. The molecule has 0 aromatic carbocycles. The first-order chi connectivity index (χ1) is 8.04. The third-order valence-electron chi connectivity index (χ3n) is 6.65. The van der Waals surface area contributed by atoms with E-state index in [-0.39, 0.29) is 5.60 Å². The molecule has 3 aliphatic rings. The minimum absolute atomic E-state index is 0.178. The first-order valence-electron chi connectivity index (χ1n) is 7.16. The van der Waals surface area contributed by atoms with Gasteiger partial charge in [-0.05, 0) is 56.3 Å². The molecule has 2 heteroatoms. The van der Waals surface area contributed by atoms with Crippen LogP contribution < -0.4 is 0 Å². The summed E-state index contributed by atoms with van der Waals surface area (Å²) in [5, 5.41) is 0. The molecular weight excluding hydrogens is 212 g/mol. The van der Waals surface area contributed by atoms with E-state index in [9.17, 15) is 4.79 Å². The molecule has 17 heavy (non-hydrogen) atoms. The number of carbonyl (C=O) groups excluding carboxylic acids is 1. The molecule has 0 aromatic heterocycles. The van der Waals surface area contributed by atoms with Crippen LogP contribution in [-0.2, 0) is 9.53 Å². The van der Waals surface area contributed by atoms with E-state index in [1.807, 2.05) is 0 Å². The summed E-state index contributed by atoms with van der Waals surface area (Å²) >= 11 is 0. The Labute approximate surface area is 104 Å². The van der Waals surface area contributed by atoms with E-state index in [2.05, 4.69) is 20.8 Å². The minimum Gasteiger partial charge on any atom is -0.461 e. The van der Waals surface area contributed by atoms with Gasteiger partial charge in [0.15, 0.2) is 0 Å². The second-order valence-corrected chi connectivity index (χ2v) is 6.99. The predicted octanol–water partition coefficient (Wildman–Crippen LogP) is 3.40. The van der Waals surface area contributed by atoms with E-state index in [0.717, 1.165) is 5.92 Å². The first-order valence-corrected chi connectivity index (χ1v) is 7.16. The van der Waals surface area contributed by atoms with Crippen LogP contribution in [0.3, 0.4) is 0 Å². The summed E-state index contributed by atoms with van der Waals surface area (Å²) in [4.78, 5) is 10.9. The van der Waals surface area contributed by atoms with Gasteiger partial charge in [0.2, 0.25) is 0 Å². The van der Waals surface area contributed by atoms with Crippen molar-refractivity contribution < 1.29 is 9.53 Å². The summed E-state index contributed by atoms with van der Waals surface area (Å²) in [6, 6.07) is 0. The van der Waals surface area contributed by atoms with Gasteiger partial charge in [-0.15, -0.1) is 0 Å². The molecule has 0 saturated heterocycles. The van der Waals surface area contributed by atoms with Crippen LogP contribution in [0.1, 0.15) is 52.9 Å². The molecule has 1 unspecified atom stereocenters. The Bertz CT molecular complexity index is 340. The molecule has 6 atom stereocenters. The Morgan fingerprint density at radius 1 is 1.24 bits per heavy atom. The number of rotatable bonds is 2. The van der Waals surface area contributed by atoms with Gasteiger partial charge >= 0.3 is 0 Å². The third-order valence-corrected chi connectivity index (χ3v) is 6.65. The topological polar surface area (TPSA) is 26.3 Å². The summed E-state index contributed by atoms with van der Waals surface area (Å²) < 4.78 is 5.65. The van der Waals surface area contributed by atoms with Crippen LogP contribution in [0.15, 0.2) is 0 Å². The van der Waals surface area contributed by atoms with Crippen molar-refractivity contribution in [3.05, 3.63) is 0 Å². The van der Waals surface area contributed by atoms with Gasteiger partial charge in [-0.25, -0.2) is 0 Å². The Balaban J connectivity index is 2.03. The second kappa shape index (κ2) is 3.49. The van der Waals surface area contributed by atoms with E-state index in [1.165, 1.54) is 32.1 Å². The fourth-order valence-electron chi connectivity index (χ4n) is 5.67. The highest BCUT2D eigenvalue weighted by Crippen LogP contribution is 2.70. The van der Waals surface area contributed by atoms with E-state index >= 15 is 0 Å². The second-order valence-electron chi connectivity index (χ2n) is 6.99. The van der Waals surface area contributed by atoms with Gasteiger partial charge < -0.3 is 4.74 Å². The van der Waals surface area contributed by atoms with E-state index < -0.39 is 0 Å². The van der Waals surface area contributed by atoms with Crippen LogP contribution in [0.4, 0.5) is 0 Å². The lowest BCUT2D eigenvalue weighted by Gasteiger charge is -2.38. The van der Waals surface area contributed by atoms with Crippen molar-refractivity contribution in [1.82, 2.24) is 0 Å². The zero-order chi connectivity index (χ0) is 12.3. The van der Waals surface area contributed by atoms with Crippen LogP contribution in [0.25, 0.3) is 0 Å². The maximum Gasteiger partial charge on any atom is 0.293 e. The highest BCUT2D eigenvalue weighted by Gasteiger charge is 2.67. The number of fused-ring (bicyclic) bond motifs is 1. The smallest absolute Gasteiger partial charge is 0.293 e. The van der Waals surface area contributed by atoms with Crippen molar-refractivity contribution >= 4 is 6.47 Å². The number of carbonyl (C=O) groups is 1. The van der Waals surface area contributed by atoms with Crippen molar-refractivity contribution in [2.75, 3.05) is 0 Å². The Kier molecular flexibility index (Phi) is 2.37. The molecule has 3 fully saturated rings. The monoisotopic (exact) mass is 236 g/mol. The molecule has 2 bridgehead atoms. The van der Waals surface area contributed by atoms with Crippen molar-refractivity contribution in [1.29, 1.82) is 0 Å². The van der Waals surface area contributed by atoms with Gasteiger partial charge in [-0.3, -0.25) is 4.79 Å². The summed E-state index contributed by atoms with van der Waals surface area (Å²) in [6.07, 6.45) is 6.56. The summed E-state index contributed by atoms with van der Waals surface area (Å²) in [7, 11) is 0.